The number of ketones is 1. The Morgan fingerprint density at radius 3 is 2.51 bits per heavy atom. The number of methoxy groups -OCH3 is 1. The number of fused-ring (bicyclic) bond motifs is 1. The lowest BCUT2D eigenvalue weighted by atomic mass is 10.1. The van der Waals surface area contributed by atoms with Gasteiger partial charge in [0.05, 0.1) is 13.1 Å². The molecule has 0 saturated carbocycles. The largest absolute Gasteiger partial charge is 0.385 e. The Morgan fingerprint density at radius 1 is 1.06 bits per heavy atom. The van der Waals surface area contributed by atoms with Crippen LogP contribution in [0.5, 0.6) is 0 Å². The van der Waals surface area contributed by atoms with Crippen LogP contribution in [0.2, 0.25) is 0 Å². The third-order valence-electron chi connectivity index (χ3n) is 6.00. The second-order valence-electron chi connectivity index (χ2n) is 8.43. The number of hydrogen-bond acceptors (Lipinski definition) is 6. The number of H-pyrrole nitrogens is 2. The molecule has 9 nitrogen and oxygen atoms in total. The van der Waals surface area contributed by atoms with Crippen LogP contribution in [-0.4, -0.2) is 47.1 Å². The van der Waals surface area contributed by atoms with Crippen molar-refractivity contribution in [2.75, 3.05) is 37.4 Å². The van der Waals surface area contributed by atoms with E-state index in [2.05, 4.69) is 9.97 Å². The molecular weight excluding hydrogens is 446 g/mol. The molecule has 0 unspecified atom stereocenters. The molecule has 2 aromatic heterocycles. The molecule has 2 aromatic carbocycles. The number of nitrogens with zero attached hydrogens (tertiary/aromatic N) is 2. The van der Waals surface area contributed by atoms with E-state index in [1.54, 1.807) is 12.0 Å². The molecule has 2 heterocycles. The molecule has 0 radical (unpaired) electrons. The standard InChI is InChI=1S/C26H29N5O4/c1-17-22(19-11-6-7-12-20(19)28-17)21(32)16-30(13-8-14-35-2)23-24(27)31(26(34)29-25(23)33)15-18-9-4-3-5-10-18/h3-7,9-12,28H,8,13-16,27H2,1-2H3,(H,29,33,34). The van der Waals surface area contributed by atoms with E-state index in [-0.39, 0.29) is 30.4 Å². The van der Waals surface area contributed by atoms with Crippen LogP contribution < -0.4 is 21.9 Å². The van der Waals surface area contributed by atoms with Gasteiger partial charge in [-0.3, -0.25) is 19.1 Å². The molecule has 0 fully saturated rings. The lowest BCUT2D eigenvalue weighted by Gasteiger charge is -2.25. The predicted molar refractivity (Wildman–Crippen MR) is 137 cm³/mol. The topological polar surface area (TPSA) is 126 Å². The molecule has 0 bridgehead atoms. The van der Waals surface area contributed by atoms with Crippen molar-refractivity contribution in [3.63, 3.8) is 0 Å². The highest BCUT2D eigenvalue weighted by Crippen LogP contribution is 2.24. The number of aromatic amines is 2. The van der Waals surface area contributed by atoms with Crippen LogP contribution in [0.1, 0.15) is 28.0 Å². The number of ether oxygens (including phenoxy) is 1. The van der Waals surface area contributed by atoms with E-state index in [9.17, 15) is 14.4 Å². The summed E-state index contributed by atoms with van der Waals surface area (Å²) in [6, 6.07) is 16.9. The predicted octanol–water partition coefficient (Wildman–Crippen LogP) is 2.68. The Kier molecular flexibility index (Phi) is 7.17. The summed E-state index contributed by atoms with van der Waals surface area (Å²) in [5, 5.41) is 0.822. The number of hydrogen-bond donors (Lipinski definition) is 3. The molecular formula is C26H29N5O4. The average molecular weight is 476 g/mol. The summed E-state index contributed by atoms with van der Waals surface area (Å²) in [6.07, 6.45) is 0.563. The number of carbonyl (C=O) groups is 1. The number of rotatable bonds is 10. The fourth-order valence-corrected chi connectivity index (χ4v) is 4.36. The maximum Gasteiger partial charge on any atom is 0.330 e. The van der Waals surface area contributed by atoms with Gasteiger partial charge in [-0.2, -0.15) is 0 Å². The normalized spacial score (nSPS) is 11.1. The van der Waals surface area contributed by atoms with Gasteiger partial charge in [0.1, 0.15) is 11.5 Å². The zero-order chi connectivity index (χ0) is 24.9. The summed E-state index contributed by atoms with van der Waals surface area (Å²) >= 11 is 0. The van der Waals surface area contributed by atoms with Gasteiger partial charge in [0.2, 0.25) is 0 Å². The molecule has 0 spiro atoms. The number of benzene rings is 2. The number of carbonyl (C=O) groups excluding carboxylic acids is 1. The maximum atomic E-state index is 13.5. The number of para-hydroxylation sites is 1. The van der Waals surface area contributed by atoms with Crippen LogP contribution in [0.3, 0.4) is 0 Å². The summed E-state index contributed by atoms with van der Waals surface area (Å²) < 4.78 is 6.49. The van der Waals surface area contributed by atoms with E-state index in [1.165, 1.54) is 4.57 Å². The second kappa shape index (κ2) is 10.4. The van der Waals surface area contributed by atoms with E-state index in [4.69, 9.17) is 10.5 Å². The first-order valence-electron chi connectivity index (χ1n) is 11.4. The number of aromatic nitrogens is 3. The minimum atomic E-state index is -0.627. The minimum Gasteiger partial charge on any atom is -0.385 e. The Labute approximate surface area is 202 Å². The Hall–Kier alpha value is -4.11. The van der Waals surface area contributed by atoms with Crippen LogP contribution in [0.15, 0.2) is 64.2 Å². The van der Waals surface area contributed by atoms with Crippen LogP contribution in [0.4, 0.5) is 11.5 Å². The van der Waals surface area contributed by atoms with Gasteiger partial charge < -0.3 is 20.4 Å². The van der Waals surface area contributed by atoms with Gasteiger partial charge >= 0.3 is 5.69 Å². The number of nitrogens with two attached hydrogens (primary N) is 1. The van der Waals surface area contributed by atoms with E-state index in [0.717, 1.165) is 22.2 Å². The number of Topliss-reactive ketones (excluding diaryl/α,β-unsaturated/α-hetero) is 1. The van der Waals surface area contributed by atoms with E-state index in [0.29, 0.717) is 25.1 Å². The average Bonchev–Trinajstić information content (AvgIpc) is 3.18. The van der Waals surface area contributed by atoms with E-state index < -0.39 is 11.2 Å². The smallest absolute Gasteiger partial charge is 0.330 e. The number of aryl methyl sites for hydroxylation is 1. The van der Waals surface area contributed by atoms with Crippen molar-refractivity contribution in [2.24, 2.45) is 0 Å². The molecule has 0 atom stereocenters. The van der Waals surface area contributed by atoms with E-state index in [1.807, 2.05) is 61.5 Å². The minimum absolute atomic E-state index is 0.0171. The highest BCUT2D eigenvalue weighted by atomic mass is 16.5. The molecule has 0 saturated heterocycles. The fourth-order valence-electron chi connectivity index (χ4n) is 4.36. The molecule has 4 rings (SSSR count). The summed E-state index contributed by atoms with van der Waals surface area (Å²) in [5.41, 5.74) is 8.33. The third-order valence-corrected chi connectivity index (χ3v) is 6.00. The zero-order valence-corrected chi connectivity index (χ0v) is 19.8. The first-order valence-corrected chi connectivity index (χ1v) is 11.4. The van der Waals surface area contributed by atoms with Crippen molar-refractivity contribution in [1.29, 1.82) is 0 Å². The maximum absolute atomic E-state index is 13.5. The van der Waals surface area contributed by atoms with Crippen molar-refractivity contribution < 1.29 is 9.53 Å². The summed E-state index contributed by atoms with van der Waals surface area (Å²) in [7, 11) is 1.59. The molecule has 35 heavy (non-hydrogen) atoms. The highest BCUT2D eigenvalue weighted by Gasteiger charge is 2.24. The van der Waals surface area contributed by atoms with Gasteiger partial charge in [-0.05, 0) is 25.0 Å². The summed E-state index contributed by atoms with van der Waals surface area (Å²) in [6.45, 7) is 2.75. The Morgan fingerprint density at radius 2 is 1.77 bits per heavy atom. The lowest BCUT2D eigenvalue weighted by Crippen LogP contribution is -2.41. The van der Waals surface area contributed by atoms with Crippen molar-refractivity contribution in [3.8, 4) is 0 Å². The van der Waals surface area contributed by atoms with Crippen molar-refractivity contribution in [1.82, 2.24) is 14.5 Å². The molecule has 0 aliphatic carbocycles. The van der Waals surface area contributed by atoms with Crippen LogP contribution >= 0.6 is 0 Å². The van der Waals surface area contributed by atoms with Crippen molar-refractivity contribution in [2.45, 2.75) is 19.9 Å². The SMILES string of the molecule is COCCCN(CC(=O)c1c(C)[nH]c2ccccc12)c1c(N)n(Cc2ccccc2)c(=O)[nH]c1=O. The number of nitrogens with one attached hydrogen (secondary N) is 2. The molecule has 4 N–H and O–H groups in total. The van der Waals surface area contributed by atoms with Crippen LogP contribution in [0, 0.1) is 6.92 Å². The van der Waals surface area contributed by atoms with Crippen molar-refractivity contribution in [3.05, 3.63) is 92.3 Å². The molecule has 182 valence electrons. The summed E-state index contributed by atoms with van der Waals surface area (Å²) in [5.74, 6) is -0.138. The van der Waals surface area contributed by atoms with E-state index >= 15 is 0 Å². The number of anilines is 2. The summed E-state index contributed by atoms with van der Waals surface area (Å²) in [4.78, 5) is 46.3. The zero-order valence-electron chi connectivity index (χ0n) is 19.8. The molecule has 0 amide bonds. The van der Waals surface area contributed by atoms with Crippen LogP contribution in [0.25, 0.3) is 10.9 Å². The van der Waals surface area contributed by atoms with Gasteiger partial charge in [0.25, 0.3) is 5.56 Å². The molecule has 4 aromatic rings. The first kappa shape index (κ1) is 24.0. The van der Waals surface area contributed by atoms with Gasteiger partial charge in [0.15, 0.2) is 5.78 Å². The van der Waals surface area contributed by atoms with Gasteiger partial charge in [-0.1, -0.05) is 48.5 Å². The van der Waals surface area contributed by atoms with Gasteiger partial charge in [-0.25, -0.2) is 4.79 Å². The lowest BCUT2D eigenvalue weighted by molar-refractivity contribution is 0.0999. The Balaban J connectivity index is 1.74. The highest BCUT2D eigenvalue weighted by molar-refractivity contribution is 6.11. The molecule has 9 heteroatoms. The first-order chi connectivity index (χ1) is 16.9. The fraction of sp³-hybridized carbons (Fsp3) is 0.269. The van der Waals surface area contributed by atoms with Crippen molar-refractivity contribution >= 4 is 28.2 Å². The quantitative estimate of drug-likeness (QED) is 0.239. The Bertz CT molecular complexity index is 1450. The van der Waals surface area contributed by atoms with Crippen LogP contribution in [-0.2, 0) is 11.3 Å². The molecule has 0 aliphatic heterocycles. The van der Waals surface area contributed by atoms with Gasteiger partial charge in [0, 0.05) is 42.4 Å². The molecule has 0 aliphatic rings. The van der Waals surface area contributed by atoms with Gasteiger partial charge in [-0.15, -0.1) is 0 Å². The monoisotopic (exact) mass is 475 g/mol. The second-order valence-corrected chi connectivity index (χ2v) is 8.43. The third kappa shape index (κ3) is 5.04. The number of nitrogen functional groups attached to an aromatic ring is 1.